The Morgan fingerprint density at radius 3 is 2.31 bits per heavy atom. The summed E-state index contributed by atoms with van der Waals surface area (Å²) in [4.78, 5) is 2.51. The summed E-state index contributed by atoms with van der Waals surface area (Å²) in [6.45, 7) is 3.69. The van der Waals surface area contributed by atoms with Crippen molar-refractivity contribution in [1.29, 1.82) is 5.26 Å². The van der Waals surface area contributed by atoms with Crippen molar-refractivity contribution in [2.75, 3.05) is 19.6 Å². The molecule has 2 nitrogen and oxygen atoms in total. The first-order valence-electron chi connectivity index (χ1n) is 5.48. The van der Waals surface area contributed by atoms with Gasteiger partial charge in [0.1, 0.15) is 0 Å². The largest absolute Gasteiger partial charge is 0.303 e. The monoisotopic (exact) mass is 178 g/mol. The average Bonchev–Trinajstić information content (AvgIpc) is 2.56. The van der Waals surface area contributed by atoms with Gasteiger partial charge in [-0.1, -0.05) is 6.42 Å². The van der Waals surface area contributed by atoms with Gasteiger partial charge < -0.3 is 4.90 Å². The van der Waals surface area contributed by atoms with Crippen LogP contribution in [0.4, 0.5) is 0 Å². The summed E-state index contributed by atoms with van der Waals surface area (Å²) in [5.74, 6) is 0. The number of hydrogen-bond acceptors (Lipinski definition) is 2. The molecule has 0 aromatic heterocycles. The molecule has 0 aromatic carbocycles. The average molecular weight is 178 g/mol. The van der Waals surface area contributed by atoms with E-state index in [0.717, 1.165) is 25.8 Å². The molecule has 1 heterocycles. The lowest BCUT2D eigenvalue weighted by molar-refractivity contribution is 0.168. The number of nitriles is 1. The minimum Gasteiger partial charge on any atom is -0.303 e. The van der Waals surface area contributed by atoms with Gasteiger partial charge in [0.25, 0.3) is 0 Å². The van der Waals surface area contributed by atoms with Crippen LogP contribution in [0.3, 0.4) is 0 Å². The van der Waals surface area contributed by atoms with E-state index in [9.17, 15) is 0 Å². The Bertz CT molecular complexity index is 207. The summed E-state index contributed by atoms with van der Waals surface area (Å²) < 4.78 is 0. The molecule has 2 aliphatic rings. The van der Waals surface area contributed by atoms with Gasteiger partial charge in [-0.15, -0.1) is 0 Å². The third kappa shape index (κ3) is 1.86. The van der Waals surface area contributed by atoms with Crippen LogP contribution in [-0.2, 0) is 0 Å². The van der Waals surface area contributed by atoms with Crippen LogP contribution in [0.2, 0.25) is 0 Å². The fourth-order valence-corrected chi connectivity index (χ4v) is 2.40. The van der Waals surface area contributed by atoms with Crippen LogP contribution in [0, 0.1) is 16.7 Å². The summed E-state index contributed by atoms with van der Waals surface area (Å²) in [6, 6.07) is 2.51. The fraction of sp³-hybridized carbons (Fsp3) is 0.909. The first kappa shape index (κ1) is 9.02. The molecule has 0 bridgehead atoms. The molecule has 2 heteroatoms. The quantitative estimate of drug-likeness (QED) is 0.662. The molecule has 0 radical (unpaired) electrons. The molecule has 2 fully saturated rings. The highest BCUT2D eigenvalue weighted by atomic mass is 15.1. The van der Waals surface area contributed by atoms with Gasteiger partial charge in [-0.3, -0.25) is 0 Å². The van der Waals surface area contributed by atoms with Gasteiger partial charge in [0.05, 0.1) is 11.5 Å². The SMILES string of the molecule is N#CC1(CCN2CCCC2)CCC1. The first-order chi connectivity index (χ1) is 6.35. The summed E-state index contributed by atoms with van der Waals surface area (Å²) in [6.07, 6.45) is 7.41. The number of rotatable bonds is 3. The van der Waals surface area contributed by atoms with Crippen molar-refractivity contribution in [1.82, 2.24) is 4.90 Å². The third-order valence-corrected chi connectivity index (χ3v) is 3.65. The van der Waals surface area contributed by atoms with E-state index >= 15 is 0 Å². The van der Waals surface area contributed by atoms with E-state index < -0.39 is 0 Å². The van der Waals surface area contributed by atoms with Crippen molar-refractivity contribution in [3.8, 4) is 6.07 Å². The van der Waals surface area contributed by atoms with Crippen molar-refractivity contribution in [2.45, 2.75) is 38.5 Å². The lowest BCUT2D eigenvalue weighted by Crippen LogP contribution is -2.33. The molecular weight excluding hydrogens is 160 g/mol. The second-order valence-corrected chi connectivity index (χ2v) is 4.54. The van der Waals surface area contributed by atoms with E-state index in [1.54, 1.807) is 0 Å². The van der Waals surface area contributed by atoms with Crippen molar-refractivity contribution in [2.24, 2.45) is 5.41 Å². The van der Waals surface area contributed by atoms with Gasteiger partial charge in [0, 0.05) is 0 Å². The molecule has 2 rings (SSSR count). The van der Waals surface area contributed by atoms with Crippen LogP contribution in [-0.4, -0.2) is 24.5 Å². The van der Waals surface area contributed by atoms with Gasteiger partial charge in [0.15, 0.2) is 0 Å². The van der Waals surface area contributed by atoms with E-state index in [0.29, 0.717) is 0 Å². The number of likely N-dealkylation sites (tertiary alicyclic amines) is 1. The molecule has 0 aromatic rings. The van der Waals surface area contributed by atoms with Crippen LogP contribution in [0.1, 0.15) is 38.5 Å². The van der Waals surface area contributed by atoms with Gasteiger partial charge in [-0.25, -0.2) is 0 Å². The molecule has 0 atom stereocenters. The highest BCUT2D eigenvalue weighted by Gasteiger charge is 2.37. The fourth-order valence-electron chi connectivity index (χ4n) is 2.40. The summed E-state index contributed by atoms with van der Waals surface area (Å²) in [7, 11) is 0. The Kier molecular flexibility index (Phi) is 2.55. The van der Waals surface area contributed by atoms with Gasteiger partial charge in [0.2, 0.25) is 0 Å². The molecule has 0 unspecified atom stereocenters. The smallest absolute Gasteiger partial charge is 0.0690 e. The molecule has 1 aliphatic carbocycles. The Hall–Kier alpha value is -0.550. The second-order valence-electron chi connectivity index (χ2n) is 4.54. The lowest BCUT2D eigenvalue weighted by Gasteiger charge is -2.36. The zero-order chi connectivity index (χ0) is 9.15. The minimum atomic E-state index is 0.0859. The molecule has 1 saturated heterocycles. The molecule has 0 N–H and O–H groups in total. The predicted molar refractivity (Wildman–Crippen MR) is 52.2 cm³/mol. The predicted octanol–water partition coefficient (Wildman–Crippen LogP) is 2.17. The lowest BCUT2D eigenvalue weighted by atomic mass is 9.68. The van der Waals surface area contributed by atoms with Gasteiger partial charge in [-0.2, -0.15) is 5.26 Å². The molecule has 1 saturated carbocycles. The number of hydrogen-bond donors (Lipinski definition) is 0. The van der Waals surface area contributed by atoms with Crippen molar-refractivity contribution in [3.05, 3.63) is 0 Å². The van der Waals surface area contributed by atoms with E-state index in [1.165, 1.54) is 32.4 Å². The van der Waals surface area contributed by atoms with Crippen LogP contribution in [0.5, 0.6) is 0 Å². The molecular formula is C11H18N2. The summed E-state index contributed by atoms with van der Waals surface area (Å²) >= 11 is 0. The maximum Gasteiger partial charge on any atom is 0.0690 e. The van der Waals surface area contributed by atoms with Crippen LogP contribution >= 0.6 is 0 Å². The molecule has 1 aliphatic heterocycles. The van der Waals surface area contributed by atoms with E-state index in [2.05, 4.69) is 11.0 Å². The minimum absolute atomic E-state index is 0.0859. The summed E-state index contributed by atoms with van der Waals surface area (Å²) in [5, 5.41) is 9.04. The van der Waals surface area contributed by atoms with E-state index in [4.69, 9.17) is 5.26 Å². The molecule has 0 spiro atoms. The Labute approximate surface area is 80.5 Å². The normalized spacial score (nSPS) is 26.7. The van der Waals surface area contributed by atoms with Crippen LogP contribution in [0.15, 0.2) is 0 Å². The van der Waals surface area contributed by atoms with Crippen molar-refractivity contribution >= 4 is 0 Å². The van der Waals surface area contributed by atoms with Crippen LogP contribution < -0.4 is 0 Å². The second kappa shape index (κ2) is 3.67. The van der Waals surface area contributed by atoms with Crippen molar-refractivity contribution < 1.29 is 0 Å². The number of nitrogens with zero attached hydrogens (tertiary/aromatic N) is 2. The molecule has 13 heavy (non-hydrogen) atoms. The van der Waals surface area contributed by atoms with E-state index in [-0.39, 0.29) is 5.41 Å². The highest BCUT2D eigenvalue weighted by Crippen LogP contribution is 2.43. The van der Waals surface area contributed by atoms with Gasteiger partial charge in [-0.05, 0) is 51.7 Å². The van der Waals surface area contributed by atoms with Gasteiger partial charge >= 0.3 is 0 Å². The Morgan fingerprint density at radius 1 is 1.15 bits per heavy atom. The highest BCUT2D eigenvalue weighted by molar-refractivity contribution is 5.04. The Morgan fingerprint density at radius 2 is 1.85 bits per heavy atom. The zero-order valence-electron chi connectivity index (χ0n) is 8.26. The maximum absolute atomic E-state index is 9.04. The first-order valence-corrected chi connectivity index (χ1v) is 5.48. The Balaban J connectivity index is 1.75. The van der Waals surface area contributed by atoms with Crippen molar-refractivity contribution in [3.63, 3.8) is 0 Å². The van der Waals surface area contributed by atoms with E-state index in [1.807, 2.05) is 0 Å². The molecule has 72 valence electrons. The topological polar surface area (TPSA) is 27.0 Å². The zero-order valence-corrected chi connectivity index (χ0v) is 8.26. The summed E-state index contributed by atoms with van der Waals surface area (Å²) in [5.41, 5.74) is 0.0859. The third-order valence-electron chi connectivity index (χ3n) is 3.65. The standard InChI is InChI=1S/C11H18N2/c12-10-11(4-3-5-11)6-9-13-7-1-2-8-13/h1-9H2. The molecule has 0 amide bonds. The van der Waals surface area contributed by atoms with Crippen LogP contribution in [0.25, 0.3) is 0 Å². The maximum atomic E-state index is 9.04.